The average Bonchev–Trinajstić information content (AvgIpc) is 2.87. The zero-order chi connectivity index (χ0) is 23.2. The summed E-state index contributed by atoms with van der Waals surface area (Å²) >= 11 is 0. The SMILES string of the molecule is CCOc1ccc(C2CCC(CCC3CCC(C4CCC(OC)CC4)CC3)CC2)c(F)c1F. The highest BCUT2D eigenvalue weighted by Crippen LogP contribution is 2.44. The van der Waals surface area contributed by atoms with Crippen LogP contribution in [0.4, 0.5) is 8.78 Å². The van der Waals surface area contributed by atoms with Crippen molar-refractivity contribution in [1.82, 2.24) is 0 Å². The summed E-state index contributed by atoms with van der Waals surface area (Å²) in [5.41, 5.74) is 0.548. The molecular formula is C29H44F2O2. The van der Waals surface area contributed by atoms with Crippen molar-refractivity contribution >= 4 is 0 Å². The minimum atomic E-state index is -0.821. The van der Waals surface area contributed by atoms with Gasteiger partial charge in [-0.2, -0.15) is 4.39 Å². The summed E-state index contributed by atoms with van der Waals surface area (Å²) in [6.45, 7) is 2.13. The largest absolute Gasteiger partial charge is 0.491 e. The molecule has 0 spiro atoms. The fourth-order valence-corrected chi connectivity index (χ4v) is 7.11. The fourth-order valence-electron chi connectivity index (χ4n) is 7.11. The van der Waals surface area contributed by atoms with Crippen LogP contribution in [0.1, 0.15) is 108 Å². The van der Waals surface area contributed by atoms with E-state index in [1.807, 2.05) is 7.11 Å². The molecule has 0 heterocycles. The molecule has 0 atom stereocenters. The second-order valence-electron chi connectivity index (χ2n) is 11.1. The second-order valence-corrected chi connectivity index (χ2v) is 11.1. The first-order chi connectivity index (χ1) is 16.1. The molecule has 4 rings (SSSR count). The molecule has 2 nitrogen and oxygen atoms in total. The van der Waals surface area contributed by atoms with Gasteiger partial charge in [0.25, 0.3) is 0 Å². The molecule has 0 saturated heterocycles. The number of rotatable bonds is 8. The van der Waals surface area contributed by atoms with Crippen molar-refractivity contribution in [3.63, 3.8) is 0 Å². The van der Waals surface area contributed by atoms with E-state index in [1.54, 1.807) is 19.1 Å². The van der Waals surface area contributed by atoms with Crippen LogP contribution in [0.3, 0.4) is 0 Å². The molecule has 3 saturated carbocycles. The summed E-state index contributed by atoms with van der Waals surface area (Å²) in [6.07, 6.45) is 18.4. The Morgan fingerprint density at radius 2 is 1.27 bits per heavy atom. The zero-order valence-electron chi connectivity index (χ0n) is 20.8. The van der Waals surface area contributed by atoms with Crippen LogP contribution in [0.2, 0.25) is 0 Å². The lowest BCUT2D eigenvalue weighted by atomic mass is 9.69. The molecule has 0 bridgehead atoms. The molecule has 33 heavy (non-hydrogen) atoms. The van der Waals surface area contributed by atoms with E-state index in [9.17, 15) is 8.78 Å². The number of ether oxygens (including phenoxy) is 2. The molecule has 3 fully saturated rings. The van der Waals surface area contributed by atoms with Crippen molar-refractivity contribution in [3.8, 4) is 5.75 Å². The van der Waals surface area contributed by atoms with Crippen molar-refractivity contribution in [1.29, 1.82) is 0 Å². The number of hydrogen-bond acceptors (Lipinski definition) is 2. The molecule has 0 aromatic heterocycles. The molecule has 0 aliphatic heterocycles. The van der Waals surface area contributed by atoms with Crippen LogP contribution in [0, 0.1) is 35.3 Å². The van der Waals surface area contributed by atoms with Gasteiger partial charge in [-0.05, 0) is 112 Å². The Balaban J connectivity index is 1.16. The lowest BCUT2D eigenvalue weighted by molar-refractivity contribution is 0.0389. The van der Waals surface area contributed by atoms with Gasteiger partial charge in [0.05, 0.1) is 12.7 Å². The minimum absolute atomic E-state index is 0.0322. The van der Waals surface area contributed by atoms with Crippen LogP contribution in [0.25, 0.3) is 0 Å². The lowest BCUT2D eigenvalue weighted by Gasteiger charge is -2.38. The number of halogens is 2. The van der Waals surface area contributed by atoms with Crippen LogP contribution >= 0.6 is 0 Å². The number of hydrogen-bond donors (Lipinski definition) is 0. The standard InChI is InChI=1S/C29H44F2O2/c1-3-33-27-19-18-26(28(30)29(27)31)24-12-8-21(9-13-24)5-4-20-6-10-22(11-7-20)23-14-16-25(32-2)17-15-23/h18-25H,3-17H2,1-2H3. The summed E-state index contributed by atoms with van der Waals surface area (Å²) in [4.78, 5) is 0. The quantitative estimate of drug-likeness (QED) is 0.386. The predicted molar refractivity (Wildman–Crippen MR) is 130 cm³/mol. The van der Waals surface area contributed by atoms with Crippen LogP contribution < -0.4 is 4.74 Å². The Hall–Kier alpha value is -1.16. The predicted octanol–water partition coefficient (Wildman–Crippen LogP) is 8.43. The minimum Gasteiger partial charge on any atom is -0.491 e. The smallest absolute Gasteiger partial charge is 0.200 e. The highest BCUT2D eigenvalue weighted by molar-refractivity contribution is 5.33. The first-order valence-corrected chi connectivity index (χ1v) is 13.7. The van der Waals surface area contributed by atoms with Gasteiger partial charge in [0.1, 0.15) is 0 Å². The topological polar surface area (TPSA) is 18.5 Å². The van der Waals surface area contributed by atoms with Gasteiger partial charge < -0.3 is 9.47 Å². The van der Waals surface area contributed by atoms with E-state index in [2.05, 4.69) is 0 Å². The van der Waals surface area contributed by atoms with Crippen LogP contribution in [-0.4, -0.2) is 19.8 Å². The highest BCUT2D eigenvalue weighted by atomic mass is 19.2. The van der Waals surface area contributed by atoms with Crippen molar-refractivity contribution in [3.05, 3.63) is 29.3 Å². The summed E-state index contributed by atoms with van der Waals surface area (Å²) in [6, 6.07) is 3.34. The van der Waals surface area contributed by atoms with E-state index < -0.39 is 11.6 Å². The molecule has 0 N–H and O–H groups in total. The monoisotopic (exact) mass is 462 g/mol. The van der Waals surface area contributed by atoms with Gasteiger partial charge in [-0.15, -0.1) is 0 Å². The van der Waals surface area contributed by atoms with Crippen molar-refractivity contribution < 1.29 is 18.3 Å². The van der Waals surface area contributed by atoms with E-state index >= 15 is 0 Å². The normalized spacial score (nSPS) is 33.1. The number of benzene rings is 1. The van der Waals surface area contributed by atoms with Gasteiger partial charge in [-0.1, -0.05) is 31.7 Å². The van der Waals surface area contributed by atoms with Crippen molar-refractivity contribution in [2.75, 3.05) is 13.7 Å². The van der Waals surface area contributed by atoms with Gasteiger partial charge in [0.2, 0.25) is 5.82 Å². The van der Waals surface area contributed by atoms with Crippen molar-refractivity contribution in [2.45, 2.75) is 109 Å². The highest BCUT2D eigenvalue weighted by Gasteiger charge is 2.32. The molecule has 0 amide bonds. The molecule has 0 unspecified atom stereocenters. The Bertz CT molecular complexity index is 727. The fraction of sp³-hybridized carbons (Fsp3) is 0.793. The summed E-state index contributed by atoms with van der Waals surface area (Å²) in [5, 5.41) is 0. The van der Waals surface area contributed by atoms with E-state index in [4.69, 9.17) is 9.47 Å². The Labute approximate surface area is 199 Å². The summed E-state index contributed by atoms with van der Waals surface area (Å²) < 4.78 is 39.6. The number of methoxy groups -OCH3 is 1. The molecule has 1 aromatic rings. The third kappa shape index (κ3) is 6.29. The van der Waals surface area contributed by atoms with Gasteiger partial charge in [-0.25, -0.2) is 4.39 Å². The maximum atomic E-state index is 14.6. The van der Waals surface area contributed by atoms with E-state index in [0.717, 1.165) is 49.4 Å². The summed E-state index contributed by atoms with van der Waals surface area (Å²) in [5.74, 6) is 2.24. The average molecular weight is 463 g/mol. The lowest BCUT2D eigenvalue weighted by Crippen LogP contribution is -2.28. The first-order valence-electron chi connectivity index (χ1n) is 13.7. The van der Waals surface area contributed by atoms with Crippen LogP contribution in [-0.2, 0) is 4.74 Å². The molecule has 4 heteroatoms. The van der Waals surface area contributed by atoms with Crippen molar-refractivity contribution in [2.24, 2.45) is 23.7 Å². The van der Waals surface area contributed by atoms with Crippen LogP contribution in [0.15, 0.2) is 12.1 Å². The molecular weight excluding hydrogens is 418 g/mol. The molecule has 3 aliphatic rings. The molecule has 3 aliphatic carbocycles. The zero-order valence-corrected chi connectivity index (χ0v) is 20.8. The van der Waals surface area contributed by atoms with E-state index in [0.29, 0.717) is 18.3 Å². The molecule has 0 radical (unpaired) electrons. The third-order valence-corrected chi connectivity index (χ3v) is 9.26. The maximum Gasteiger partial charge on any atom is 0.200 e. The van der Waals surface area contributed by atoms with E-state index in [1.165, 1.54) is 64.2 Å². The van der Waals surface area contributed by atoms with Gasteiger partial charge in [0, 0.05) is 7.11 Å². The molecule has 186 valence electrons. The van der Waals surface area contributed by atoms with Crippen LogP contribution in [0.5, 0.6) is 5.75 Å². The van der Waals surface area contributed by atoms with E-state index in [-0.39, 0.29) is 11.7 Å². The Morgan fingerprint density at radius 1 is 0.727 bits per heavy atom. The second kappa shape index (κ2) is 12.0. The first kappa shape index (κ1) is 24.9. The van der Waals surface area contributed by atoms with Gasteiger partial charge in [0.15, 0.2) is 11.6 Å². The Morgan fingerprint density at radius 3 is 1.82 bits per heavy atom. The Kier molecular flexibility index (Phi) is 9.07. The van der Waals surface area contributed by atoms with Gasteiger partial charge in [-0.3, -0.25) is 0 Å². The summed E-state index contributed by atoms with van der Waals surface area (Å²) in [7, 11) is 1.86. The molecule has 1 aromatic carbocycles. The van der Waals surface area contributed by atoms with Gasteiger partial charge >= 0.3 is 0 Å². The third-order valence-electron chi connectivity index (χ3n) is 9.26. The maximum absolute atomic E-state index is 14.6.